The van der Waals surface area contributed by atoms with Crippen LogP contribution in [-0.4, -0.2) is 13.1 Å². The lowest BCUT2D eigenvalue weighted by atomic mass is 10.1. The Hall–Kier alpha value is -3.34. The molecule has 5 nitrogen and oxygen atoms in total. The van der Waals surface area contributed by atoms with E-state index in [1.807, 2.05) is 0 Å². The van der Waals surface area contributed by atoms with Crippen molar-refractivity contribution >= 4 is 16.9 Å². The van der Waals surface area contributed by atoms with Gasteiger partial charge in [-0.15, -0.1) is 0 Å². The third kappa shape index (κ3) is 3.45. The van der Waals surface area contributed by atoms with Crippen LogP contribution in [0.25, 0.3) is 22.1 Å². The van der Waals surface area contributed by atoms with Crippen LogP contribution in [0.3, 0.4) is 0 Å². The van der Waals surface area contributed by atoms with E-state index < -0.39 is 11.6 Å². The molecule has 2 aromatic carbocycles. The zero-order valence-corrected chi connectivity index (χ0v) is 13.9. The van der Waals surface area contributed by atoms with Crippen LogP contribution in [0, 0.1) is 0 Å². The highest BCUT2D eigenvalue weighted by Crippen LogP contribution is 2.26. The first kappa shape index (κ1) is 16.5. The molecular formula is C20H16O5. The molecule has 25 heavy (non-hydrogen) atoms. The minimum atomic E-state index is -0.507. The third-order valence-corrected chi connectivity index (χ3v) is 3.66. The van der Waals surface area contributed by atoms with Crippen molar-refractivity contribution in [2.45, 2.75) is 6.92 Å². The lowest BCUT2D eigenvalue weighted by Crippen LogP contribution is -2.08. The average molecular weight is 336 g/mol. The van der Waals surface area contributed by atoms with Crippen LogP contribution >= 0.6 is 0 Å². The van der Waals surface area contributed by atoms with E-state index in [9.17, 15) is 9.59 Å². The zero-order chi connectivity index (χ0) is 18.0. The quantitative estimate of drug-likeness (QED) is 0.312. The summed E-state index contributed by atoms with van der Waals surface area (Å²) in [6, 6.07) is 13.6. The fraction of sp³-hybridized carbons (Fsp3) is 0.100. The number of benzene rings is 2. The second-order valence-electron chi connectivity index (χ2n) is 5.55. The first-order chi connectivity index (χ1) is 12.0. The summed E-state index contributed by atoms with van der Waals surface area (Å²) in [7, 11) is 1.58. The van der Waals surface area contributed by atoms with Crippen LogP contribution in [0.5, 0.6) is 11.5 Å². The van der Waals surface area contributed by atoms with Crippen molar-refractivity contribution in [3.05, 3.63) is 71.1 Å². The van der Waals surface area contributed by atoms with E-state index >= 15 is 0 Å². The Morgan fingerprint density at radius 1 is 1.04 bits per heavy atom. The molecule has 3 rings (SSSR count). The Morgan fingerprint density at radius 3 is 2.36 bits per heavy atom. The van der Waals surface area contributed by atoms with E-state index in [-0.39, 0.29) is 0 Å². The van der Waals surface area contributed by atoms with Gasteiger partial charge in [0.05, 0.1) is 12.7 Å². The van der Waals surface area contributed by atoms with E-state index in [1.165, 1.54) is 0 Å². The molecule has 3 aromatic rings. The monoisotopic (exact) mass is 336 g/mol. The third-order valence-electron chi connectivity index (χ3n) is 3.66. The standard InChI is InChI=1S/C20H16O5/c1-12(2)19(21)24-16-8-9-18-14(10-16)11-17(20(22)25-18)13-4-6-15(23-3)7-5-13/h4-11H,1H2,2-3H3. The highest BCUT2D eigenvalue weighted by Gasteiger charge is 2.11. The van der Waals surface area contributed by atoms with Gasteiger partial charge in [0.1, 0.15) is 17.1 Å². The largest absolute Gasteiger partial charge is 0.497 e. The smallest absolute Gasteiger partial charge is 0.344 e. The van der Waals surface area contributed by atoms with Crippen molar-refractivity contribution < 1.29 is 18.7 Å². The number of carbonyl (C=O) groups excluding carboxylic acids is 1. The second kappa shape index (κ2) is 6.65. The fourth-order valence-electron chi connectivity index (χ4n) is 2.33. The van der Waals surface area contributed by atoms with Crippen LogP contribution in [0.15, 0.2) is 69.9 Å². The predicted molar refractivity (Wildman–Crippen MR) is 94.9 cm³/mol. The van der Waals surface area contributed by atoms with Gasteiger partial charge in [0.2, 0.25) is 0 Å². The normalized spacial score (nSPS) is 10.5. The topological polar surface area (TPSA) is 65.7 Å². The summed E-state index contributed by atoms with van der Waals surface area (Å²) < 4.78 is 15.7. The van der Waals surface area contributed by atoms with Crippen LogP contribution in [0.1, 0.15) is 6.92 Å². The maximum Gasteiger partial charge on any atom is 0.344 e. The number of hydrogen-bond donors (Lipinski definition) is 0. The molecule has 0 N–H and O–H groups in total. The Kier molecular flexibility index (Phi) is 4.39. The van der Waals surface area contributed by atoms with Gasteiger partial charge in [-0.3, -0.25) is 0 Å². The number of rotatable bonds is 4. The SMILES string of the molecule is C=C(C)C(=O)Oc1ccc2oc(=O)c(-c3ccc(OC)cc3)cc2c1. The molecule has 0 atom stereocenters. The molecule has 0 aliphatic heterocycles. The summed E-state index contributed by atoms with van der Waals surface area (Å²) in [5, 5.41) is 0.650. The van der Waals surface area contributed by atoms with Gasteiger partial charge in [0.15, 0.2) is 0 Å². The Bertz CT molecular complexity index is 1010. The van der Waals surface area contributed by atoms with Gasteiger partial charge in [-0.25, -0.2) is 9.59 Å². The van der Waals surface area contributed by atoms with E-state index in [4.69, 9.17) is 13.9 Å². The molecule has 0 radical (unpaired) electrons. The summed E-state index contributed by atoms with van der Waals surface area (Å²) in [5.41, 5.74) is 1.40. The fourth-order valence-corrected chi connectivity index (χ4v) is 2.33. The molecule has 0 spiro atoms. The highest BCUT2D eigenvalue weighted by molar-refractivity contribution is 5.90. The molecule has 1 aromatic heterocycles. The number of hydrogen-bond acceptors (Lipinski definition) is 5. The van der Waals surface area contributed by atoms with Crippen molar-refractivity contribution in [3.8, 4) is 22.6 Å². The van der Waals surface area contributed by atoms with Gasteiger partial charge in [0.25, 0.3) is 0 Å². The molecule has 0 fully saturated rings. The first-order valence-electron chi connectivity index (χ1n) is 7.58. The summed E-state index contributed by atoms with van der Waals surface area (Å²) in [6.45, 7) is 5.12. The Balaban J connectivity index is 2.04. The second-order valence-corrected chi connectivity index (χ2v) is 5.55. The maximum atomic E-state index is 12.2. The number of carbonyl (C=O) groups is 1. The molecule has 0 aliphatic rings. The molecule has 0 aliphatic carbocycles. The van der Waals surface area contributed by atoms with E-state index in [2.05, 4.69) is 6.58 Å². The molecule has 5 heteroatoms. The molecule has 0 unspecified atom stereocenters. The highest BCUT2D eigenvalue weighted by atomic mass is 16.5. The zero-order valence-electron chi connectivity index (χ0n) is 13.9. The molecule has 0 saturated heterocycles. The van der Waals surface area contributed by atoms with Crippen LogP contribution in [0.2, 0.25) is 0 Å². The molecule has 0 bridgehead atoms. The Labute approximate surface area is 144 Å². The van der Waals surface area contributed by atoms with Crippen molar-refractivity contribution in [2.75, 3.05) is 7.11 Å². The van der Waals surface area contributed by atoms with Crippen molar-refractivity contribution in [1.29, 1.82) is 0 Å². The number of fused-ring (bicyclic) bond motifs is 1. The summed E-state index contributed by atoms with van der Waals surface area (Å²) in [6.07, 6.45) is 0. The summed E-state index contributed by atoms with van der Waals surface area (Å²) in [5.74, 6) is 0.546. The van der Waals surface area contributed by atoms with E-state index in [0.717, 1.165) is 0 Å². The van der Waals surface area contributed by atoms with E-state index in [1.54, 1.807) is 62.6 Å². The van der Waals surface area contributed by atoms with Gasteiger partial charge in [0, 0.05) is 11.0 Å². The predicted octanol–water partition coefficient (Wildman–Crippen LogP) is 3.95. The Morgan fingerprint density at radius 2 is 1.72 bits per heavy atom. The number of methoxy groups -OCH3 is 1. The molecule has 1 heterocycles. The molecule has 0 amide bonds. The summed E-state index contributed by atoms with van der Waals surface area (Å²) in [4.78, 5) is 23.9. The van der Waals surface area contributed by atoms with Crippen LogP contribution in [-0.2, 0) is 4.79 Å². The van der Waals surface area contributed by atoms with Crippen molar-refractivity contribution in [3.63, 3.8) is 0 Å². The van der Waals surface area contributed by atoms with Crippen LogP contribution < -0.4 is 15.1 Å². The van der Waals surface area contributed by atoms with Gasteiger partial charge in [-0.1, -0.05) is 18.7 Å². The maximum absolute atomic E-state index is 12.2. The molecular weight excluding hydrogens is 320 g/mol. The van der Waals surface area contributed by atoms with E-state index in [0.29, 0.717) is 39.2 Å². The number of ether oxygens (including phenoxy) is 2. The lowest BCUT2D eigenvalue weighted by molar-refractivity contribution is -0.130. The van der Waals surface area contributed by atoms with Gasteiger partial charge in [-0.2, -0.15) is 0 Å². The van der Waals surface area contributed by atoms with Gasteiger partial charge >= 0.3 is 11.6 Å². The van der Waals surface area contributed by atoms with Crippen molar-refractivity contribution in [2.24, 2.45) is 0 Å². The number of esters is 1. The average Bonchev–Trinajstić information content (AvgIpc) is 2.61. The summed E-state index contributed by atoms with van der Waals surface area (Å²) >= 11 is 0. The van der Waals surface area contributed by atoms with Gasteiger partial charge < -0.3 is 13.9 Å². The van der Waals surface area contributed by atoms with Crippen molar-refractivity contribution in [1.82, 2.24) is 0 Å². The minimum absolute atomic E-state index is 0.304. The molecule has 0 saturated carbocycles. The minimum Gasteiger partial charge on any atom is -0.497 e. The molecule has 126 valence electrons. The lowest BCUT2D eigenvalue weighted by Gasteiger charge is -2.07. The van der Waals surface area contributed by atoms with Crippen LogP contribution in [0.4, 0.5) is 0 Å². The van der Waals surface area contributed by atoms with Gasteiger partial charge in [-0.05, 0) is 48.9 Å². The first-order valence-corrected chi connectivity index (χ1v) is 7.58.